The van der Waals surface area contributed by atoms with Crippen LogP contribution < -0.4 is 10.6 Å². The number of carbonyl (C=O) groups excluding carboxylic acids is 1. The predicted octanol–water partition coefficient (Wildman–Crippen LogP) is 4.78. The average Bonchev–Trinajstić information content (AvgIpc) is 2.65. The molecule has 6 heteroatoms. The van der Waals surface area contributed by atoms with Gasteiger partial charge >= 0.3 is 0 Å². The van der Waals surface area contributed by atoms with Gasteiger partial charge < -0.3 is 10.6 Å². The lowest BCUT2D eigenvalue weighted by Gasteiger charge is -2.08. The van der Waals surface area contributed by atoms with Gasteiger partial charge in [0, 0.05) is 17.1 Å². The molecule has 0 fully saturated rings. The van der Waals surface area contributed by atoms with E-state index in [1.165, 1.54) is 12.1 Å². The molecule has 26 heavy (non-hydrogen) atoms. The van der Waals surface area contributed by atoms with Crippen molar-refractivity contribution < 1.29 is 9.18 Å². The molecule has 3 aromatic rings. The van der Waals surface area contributed by atoms with E-state index >= 15 is 0 Å². The molecule has 0 aliphatic carbocycles. The molecule has 0 unspecified atom stereocenters. The van der Waals surface area contributed by atoms with Crippen LogP contribution in [0.15, 0.2) is 66.9 Å². The summed E-state index contributed by atoms with van der Waals surface area (Å²) < 4.78 is 12.9. The molecule has 2 N–H and O–H groups in total. The molecule has 0 saturated heterocycles. The quantitative estimate of drug-likeness (QED) is 0.657. The largest absolute Gasteiger partial charge is 0.370 e. The topological polar surface area (TPSA) is 54.0 Å². The maximum Gasteiger partial charge on any atom is 0.255 e. The number of aromatic nitrogens is 1. The number of amides is 1. The van der Waals surface area contributed by atoms with Gasteiger partial charge in [0.15, 0.2) is 0 Å². The Labute approximate surface area is 156 Å². The number of nitrogens with zero attached hydrogens (tertiary/aromatic N) is 1. The Kier molecular flexibility index (Phi) is 5.81. The van der Waals surface area contributed by atoms with Gasteiger partial charge in [0.05, 0.1) is 11.9 Å². The van der Waals surface area contributed by atoms with E-state index in [0.717, 1.165) is 12.0 Å². The number of pyridine rings is 1. The van der Waals surface area contributed by atoms with E-state index in [1.54, 1.807) is 54.7 Å². The van der Waals surface area contributed by atoms with E-state index in [4.69, 9.17) is 11.6 Å². The summed E-state index contributed by atoms with van der Waals surface area (Å²) in [6, 6.07) is 16.7. The standard InChI is InChI=1S/C20H17ClFN3O/c21-16-3-1-2-15(12-16)20(26)25-18-8-9-19(24-13-18)23-11-10-14-4-6-17(22)7-5-14/h1-9,12-13H,10-11H2,(H,23,24)(H,25,26). The first-order valence-electron chi connectivity index (χ1n) is 8.11. The summed E-state index contributed by atoms with van der Waals surface area (Å²) in [5.74, 6) is 0.220. The molecule has 1 aromatic heterocycles. The Morgan fingerprint density at radius 2 is 1.88 bits per heavy atom. The van der Waals surface area contributed by atoms with Crippen LogP contribution in [0, 0.1) is 5.82 Å². The molecule has 2 aromatic carbocycles. The third-order valence-electron chi connectivity index (χ3n) is 3.74. The van der Waals surface area contributed by atoms with E-state index in [-0.39, 0.29) is 11.7 Å². The molecule has 0 bridgehead atoms. The summed E-state index contributed by atoms with van der Waals surface area (Å²) >= 11 is 5.89. The van der Waals surface area contributed by atoms with Crippen molar-refractivity contribution in [3.05, 3.63) is 88.8 Å². The number of rotatable bonds is 6. The van der Waals surface area contributed by atoms with Gasteiger partial charge in [-0.2, -0.15) is 0 Å². The minimum atomic E-state index is -0.244. The number of benzene rings is 2. The van der Waals surface area contributed by atoms with Gasteiger partial charge in [0.25, 0.3) is 5.91 Å². The minimum Gasteiger partial charge on any atom is -0.370 e. The molecular formula is C20H17ClFN3O. The van der Waals surface area contributed by atoms with Crippen molar-refractivity contribution in [2.24, 2.45) is 0 Å². The van der Waals surface area contributed by atoms with Crippen LogP contribution in [0.5, 0.6) is 0 Å². The van der Waals surface area contributed by atoms with Gasteiger partial charge in [-0.1, -0.05) is 29.8 Å². The number of hydrogen-bond donors (Lipinski definition) is 2. The smallest absolute Gasteiger partial charge is 0.255 e. The van der Waals surface area contributed by atoms with Crippen LogP contribution in [0.1, 0.15) is 15.9 Å². The predicted molar refractivity (Wildman–Crippen MR) is 102 cm³/mol. The molecule has 0 atom stereocenters. The summed E-state index contributed by atoms with van der Waals surface area (Å²) in [6.07, 6.45) is 2.35. The zero-order valence-corrected chi connectivity index (χ0v) is 14.6. The lowest BCUT2D eigenvalue weighted by Crippen LogP contribution is -2.12. The average molecular weight is 370 g/mol. The van der Waals surface area contributed by atoms with E-state index in [9.17, 15) is 9.18 Å². The van der Waals surface area contributed by atoms with Gasteiger partial charge in [-0.25, -0.2) is 9.37 Å². The van der Waals surface area contributed by atoms with Gasteiger partial charge in [-0.15, -0.1) is 0 Å². The summed E-state index contributed by atoms with van der Waals surface area (Å²) in [6.45, 7) is 0.673. The van der Waals surface area contributed by atoms with E-state index in [0.29, 0.717) is 28.6 Å². The second-order valence-electron chi connectivity index (χ2n) is 5.70. The number of nitrogens with one attached hydrogen (secondary N) is 2. The van der Waals surface area contributed by atoms with Crippen LogP contribution in [-0.4, -0.2) is 17.4 Å². The van der Waals surface area contributed by atoms with Gasteiger partial charge in [0.1, 0.15) is 11.6 Å². The van der Waals surface area contributed by atoms with Crippen LogP contribution in [0.4, 0.5) is 15.9 Å². The number of hydrogen-bond acceptors (Lipinski definition) is 3. The Morgan fingerprint density at radius 3 is 2.58 bits per heavy atom. The maximum absolute atomic E-state index is 12.9. The Bertz CT molecular complexity index is 882. The molecule has 1 amide bonds. The third kappa shape index (κ3) is 5.04. The Morgan fingerprint density at radius 1 is 1.08 bits per heavy atom. The van der Waals surface area contributed by atoms with Crippen molar-refractivity contribution in [1.29, 1.82) is 0 Å². The molecule has 0 aliphatic rings. The highest BCUT2D eigenvalue weighted by atomic mass is 35.5. The fourth-order valence-electron chi connectivity index (χ4n) is 2.39. The van der Waals surface area contributed by atoms with Crippen molar-refractivity contribution in [3.63, 3.8) is 0 Å². The molecule has 0 aliphatic heterocycles. The molecule has 3 rings (SSSR count). The van der Waals surface area contributed by atoms with Gasteiger partial charge in [0.2, 0.25) is 0 Å². The maximum atomic E-state index is 12.9. The van der Waals surface area contributed by atoms with E-state index in [2.05, 4.69) is 15.6 Å². The minimum absolute atomic E-state index is 0.237. The van der Waals surface area contributed by atoms with Crippen LogP contribution in [0.25, 0.3) is 0 Å². The van der Waals surface area contributed by atoms with E-state index < -0.39 is 0 Å². The molecule has 0 spiro atoms. The van der Waals surface area contributed by atoms with Crippen LogP contribution in [-0.2, 0) is 6.42 Å². The lowest BCUT2D eigenvalue weighted by molar-refractivity contribution is 0.102. The molecule has 0 saturated carbocycles. The normalized spacial score (nSPS) is 10.4. The SMILES string of the molecule is O=C(Nc1ccc(NCCc2ccc(F)cc2)nc1)c1cccc(Cl)c1. The number of carbonyl (C=O) groups is 1. The van der Waals surface area contributed by atoms with Crippen LogP contribution in [0.2, 0.25) is 5.02 Å². The number of anilines is 2. The first-order chi connectivity index (χ1) is 12.6. The second-order valence-corrected chi connectivity index (χ2v) is 6.14. The zero-order chi connectivity index (χ0) is 18.4. The highest BCUT2D eigenvalue weighted by Gasteiger charge is 2.06. The van der Waals surface area contributed by atoms with Crippen molar-refractivity contribution in [3.8, 4) is 0 Å². The molecule has 132 valence electrons. The summed E-state index contributed by atoms with van der Waals surface area (Å²) in [5, 5.41) is 6.48. The van der Waals surface area contributed by atoms with Crippen LogP contribution >= 0.6 is 11.6 Å². The third-order valence-corrected chi connectivity index (χ3v) is 3.98. The van der Waals surface area contributed by atoms with Crippen molar-refractivity contribution >= 4 is 29.0 Å². The zero-order valence-electron chi connectivity index (χ0n) is 13.9. The fraction of sp³-hybridized carbons (Fsp3) is 0.100. The molecule has 4 nitrogen and oxygen atoms in total. The lowest BCUT2D eigenvalue weighted by atomic mass is 10.1. The summed E-state index contributed by atoms with van der Waals surface area (Å²) in [5.41, 5.74) is 2.13. The highest BCUT2D eigenvalue weighted by molar-refractivity contribution is 6.31. The van der Waals surface area contributed by atoms with Crippen LogP contribution in [0.3, 0.4) is 0 Å². The van der Waals surface area contributed by atoms with Gasteiger partial charge in [-0.05, 0) is 54.4 Å². The number of halogens is 2. The first-order valence-corrected chi connectivity index (χ1v) is 8.49. The van der Waals surface area contributed by atoms with E-state index in [1.807, 2.05) is 0 Å². The highest BCUT2D eigenvalue weighted by Crippen LogP contribution is 2.14. The molecule has 0 radical (unpaired) electrons. The van der Waals surface area contributed by atoms with Gasteiger partial charge in [-0.3, -0.25) is 4.79 Å². The second kappa shape index (κ2) is 8.45. The Hall–Kier alpha value is -2.92. The first kappa shape index (κ1) is 17.9. The fourth-order valence-corrected chi connectivity index (χ4v) is 2.58. The summed E-state index contributed by atoms with van der Waals surface area (Å²) in [4.78, 5) is 16.4. The molecule has 1 heterocycles. The summed E-state index contributed by atoms with van der Waals surface area (Å²) in [7, 11) is 0. The monoisotopic (exact) mass is 369 g/mol. The Balaban J connectivity index is 1.51. The van der Waals surface area contributed by atoms with Crippen molar-refractivity contribution in [2.75, 3.05) is 17.2 Å². The van der Waals surface area contributed by atoms with Crippen molar-refractivity contribution in [2.45, 2.75) is 6.42 Å². The van der Waals surface area contributed by atoms with Crippen molar-refractivity contribution in [1.82, 2.24) is 4.98 Å². The molecular weight excluding hydrogens is 353 g/mol.